The van der Waals surface area contributed by atoms with Crippen molar-refractivity contribution in [1.29, 1.82) is 0 Å². The van der Waals surface area contributed by atoms with Crippen molar-refractivity contribution in [2.45, 2.75) is 51.2 Å². The number of nitrogens with one attached hydrogen (secondary N) is 1. The number of likely N-dealkylation sites (tertiary alicyclic amines) is 1. The predicted octanol–water partition coefficient (Wildman–Crippen LogP) is 1.77. The molecule has 1 N–H and O–H groups in total. The first-order valence-electron chi connectivity index (χ1n) is 7.23. The van der Waals surface area contributed by atoms with Gasteiger partial charge in [-0.05, 0) is 46.6 Å². The summed E-state index contributed by atoms with van der Waals surface area (Å²) in [6.45, 7) is 9.86. The molecule has 110 valence electrons. The van der Waals surface area contributed by atoms with Crippen LogP contribution in [0.5, 0.6) is 0 Å². The molecule has 0 unspecified atom stereocenters. The van der Waals surface area contributed by atoms with Crippen molar-refractivity contribution in [3.8, 4) is 0 Å². The molecule has 2 saturated heterocycles. The van der Waals surface area contributed by atoms with Crippen molar-refractivity contribution in [2.24, 2.45) is 0 Å². The van der Waals surface area contributed by atoms with Crippen LogP contribution in [0.25, 0.3) is 0 Å². The summed E-state index contributed by atoms with van der Waals surface area (Å²) in [6, 6.07) is 0. The van der Waals surface area contributed by atoms with E-state index in [1.807, 2.05) is 20.8 Å². The van der Waals surface area contributed by atoms with Gasteiger partial charge in [0, 0.05) is 19.6 Å². The van der Waals surface area contributed by atoms with Gasteiger partial charge in [-0.25, -0.2) is 4.79 Å². The van der Waals surface area contributed by atoms with Crippen molar-refractivity contribution in [2.75, 3.05) is 32.8 Å². The second-order valence-corrected chi connectivity index (χ2v) is 6.50. The molecule has 0 saturated carbocycles. The zero-order chi connectivity index (χ0) is 13.9. The number of carbonyl (C=O) groups excluding carboxylic acids is 1. The van der Waals surface area contributed by atoms with Gasteiger partial charge >= 0.3 is 6.09 Å². The summed E-state index contributed by atoms with van der Waals surface area (Å²) >= 11 is 0. The molecule has 0 aromatic heterocycles. The van der Waals surface area contributed by atoms with Crippen molar-refractivity contribution in [1.82, 2.24) is 10.2 Å². The Morgan fingerprint density at radius 2 is 1.89 bits per heavy atom. The second-order valence-electron chi connectivity index (χ2n) is 6.50. The largest absolute Gasteiger partial charge is 0.444 e. The molecule has 0 atom stereocenters. The minimum atomic E-state index is -0.422. The lowest BCUT2D eigenvalue weighted by atomic mass is 9.88. The molecule has 0 bridgehead atoms. The van der Waals surface area contributed by atoms with Crippen LogP contribution in [0.2, 0.25) is 0 Å². The van der Waals surface area contributed by atoms with Crippen LogP contribution in [0.15, 0.2) is 0 Å². The van der Waals surface area contributed by atoms with Gasteiger partial charge in [0.05, 0.1) is 12.2 Å². The van der Waals surface area contributed by atoms with E-state index < -0.39 is 5.60 Å². The Morgan fingerprint density at radius 3 is 2.53 bits per heavy atom. The van der Waals surface area contributed by atoms with Gasteiger partial charge in [0.1, 0.15) is 5.60 Å². The van der Waals surface area contributed by atoms with E-state index in [0.717, 1.165) is 52.0 Å². The number of hydrogen-bond donors (Lipinski definition) is 1. The summed E-state index contributed by atoms with van der Waals surface area (Å²) in [5.74, 6) is 0. The monoisotopic (exact) mass is 270 g/mol. The molecule has 5 nitrogen and oxygen atoms in total. The fourth-order valence-electron chi connectivity index (χ4n) is 2.67. The zero-order valence-corrected chi connectivity index (χ0v) is 12.3. The quantitative estimate of drug-likeness (QED) is 0.729. The fraction of sp³-hybridized carbons (Fsp3) is 0.929. The lowest BCUT2D eigenvalue weighted by molar-refractivity contribution is -0.0786. The van der Waals surface area contributed by atoms with E-state index in [2.05, 4.69) is 5.32 Å². The van der Waals surface area contributed by atoms with E-state index in [1.165, 1.54) is 0 Å². The predicted molar refractivity (Wildman–Crippen MR) is 73.2 cm³/mol. The summed E-state index contributed by atoms with van der Waals surface area (Å²) in [5.41, 5.74) is -0.447. The first-order chi connectivity index (χ1) is 8.90. The van der Waals surface area contributed by atoms with E-state index >= 15 is 0 Å². The van der Waals surface area contributed by atoms with Crippen molar-refractivity contribution in [3.05, 3.63) is 0 Å². The normalized spacial score (nSPS) is 24.1. The van der Waals surface area contributed by atoms with Gasteiger partial charge in [-0.3, -0.25) is 0 Å². The molecule has 0 aromatic rings. The van der Waals surface area contributed by atoms with Crippen LogP contribution in [0.3, 0.4) is 0 Å². The lowest BCUT2D eigenvalue weighted by Gasteiger charge is -2.41. The number of carbonyl (C=O) groups is 1. The summed E-state index contributed by atoms with van der Waals surface area (Å²) in [6.07, 6.45) is 2.66. The van der Waals surface area contributed by atoms with Crippen molar-refractivity contribution in [3.63, 3.8) is 0 Å². The number of nitrogens with zero attached hydrogens (tertiary/aromatic N) is 1. The van der Waals surface area contributed by atoms with Crippen LogP contribution in [0, 0.1) is 0 Å². The summed E-state index contributed by atoms with van der Waals surface area (Å²) in [7, 11) is 0. The molecule has 19 heavy (non-hydrogen) atoms. The molecule has 0 aromatic carbocycles. The third-order valence-corrected chi connectivity index (χ3v) is 3.77. The summed E-state index contributed by atoms with van der Waals surface area (Å²) in [4.78, 5) is 13.8. The van der Waals surface area contributed by atoms with Gasteiger partial charge in [-0.1, -0.05) is 0 Å². The minimum Gasteiger partial charge on any atom is -0.444 e. The summed E-state index contributed by atoms with van der Waals surface area (Å²) in [5, 5.41) is 3.35. The fourth-order valence-corrected chi connectivity index (χ4v) is 2.67. The molecule has 2 heterocycles. The van der Waals surface area contributed by atoms with E-state index in [0.29, 0.717) is 0 Å². The van der Waals surface area contributed by atoms with Crippen LogP contribution in [0.4, 0.5) is 4.79 Å². The average molecular weight is 270 g/mol. The highest BCUT2D eigenvalue weighted by Gasteiger charge is 2.38. The number of rotatable bonds is 0. The third-order valence-electron chi connectivity index (χ3n) is 3.77. The van der Waals surface area contributed by atoms with E-state index in [-0.39, 0.29) is 11.7 Å². The van der Waals surface area contributed by atoms with Gasteiger partial charge in [0.15, 0.2) is 0 Å². The van der Waals surface area contributed by atoms with Gasteiger partial charge in [-0.2, -0.15) is 0 Å². The SMILES string of the molecule is CC(C)(C)OC(=O)N1CCC2(CCNCCO2)CC1. The molecule has 0 aliphatic carbocycles. The molecule has 2 aliphatic heterocycles. The molecule has 1 spiro atoms. The summed E-state index contributed by atoms with van der Waals surface area (Å²) < 4.78 is 11.4. The Hall–Kier alpha value is -0.810. The Bertz CT molecular complexity index is 307. The first-order valence-corrected chi connectivity index (χ1v) is 7.23. The highest BCUT2D eigenvalue weighted by atomic mass is 16.6. The van der Waals surface area contributed by atoms with Gasteiger partial charge < -0.3 is 19.7 Å². The van der Waals surface area contributed by atoms with Gasteiger partial charge in [-0.15, -0.1) is 0 Å². The Kier molecular flexibility index (Phi) is 4.36. The topological polar surface area (TPSA) is 50.8 Å². The van der Waals surface area contributed by atoms with Gasteiger partial charge in [0.2, 0.25) is 0 Å². The van der Waals surface area contributed by atoms with Crippen LogP contribution < -0.4 is 5.32 Å². The van der Waals surface area contributed by atoms with Crippen LogP contribution >= 0.6 is 0 Å². The van der Waals surface area contributed by atoms with Crippen LogP contribution in [0.1, 0.15) is 40.0 Å². The number of amides is 1. The van der Waals surface area contributed by atoms with E-state index in [4.69, 9.17) is 9.47 Å². The standard InChI is InChI=1S/C14H26N2O3/c1-13(2,3)19-12(17)16-9-5-14(6-10-16)4-7-15-8-11-18-14/h15H,4-11H2,1-3H3. The highest BCUT2D eigenvalue weighted by molar-refractivity contribution is 5.68. The molecule has 2 rings (SSSR count). The Labute approximate surface area is 115 Å². The van der Waals surface area contributed by atoms with Crippen LogP contribution in [-0.2, 0) is 9.47 Å². The number of hydrogen-bond acceptors (Lipinski definition) is 4. The molecular formula is C14H26N2O3. The molecular weight excluding hydrogens is 244 g/mol. The van der Waals surface area contributed by atoms with E-state index in [1.54, 1.807) is 4.90 Å². The third kappa shape index (κ3) is 4.08. The molecule has 1 amide bonds. The molecule has 0 radical (unpaired) electrons. The van der Waals surface area contributed by atoms with Crippen molar-refractivity contribution >= 4 is 6.09 Å². The zero-order valence-electron chi connectivity index (χ0n) is 12.3. The maximum absolute atomic E-state index is 12.0. The molecule has 2 fully saturated rings. The number of piperidine rings is 1. The lowest BCUT2D eigenvalue weighted by Crippen LogP contribution is -2.49. The minimum absolute atomic E-state index is 0.0258. The second kappa shape index (κ2) is 5.67. The highest BCUT2D eigenvalue weighted by Crippen LogP contribution is 2.31. The number of ether oxygens (including phenoxy) is 2. The average Bonchev–Trinajstić information content (AvgIpc) is 2.54. The molecule has 2 aliphatic rings. The van der Waals surface area contributed by atoms with Gasteiger partial charge in [0.25, 0.3) is 0 Å². The molecule has 5 heteroatoms. The Balaban J connectivity index is 1.86. The smallest absolute Gasteiger partial charge is 0.410 e. The maximum atomic E-state index is 12.0. The van der Waals surface area contributed by atoms with E-state index in [9.17, 15) is 4.79 Å². The maximum Gasteiger partial charge on any atom is 0.410 e. The van der Waals surface area contributed by atoms with Crippen LogP contribution in [-0.4, -0.2) is 55.0 Å². The first kappa shape index (κ1) is 14.6. The Morgan fingerprint density at radius 1 is 1.21 bits per heavy atom. The van der Waals surface area contributed by atoms with Crippen molar-refractivity contribution < 1.29 is 14.3 Å².